The first-order valence-corrected chi connectivity index (χ1v) is 6.65. The van der Waals surface area contributed by atoms with E-state index in [4.69, 9.17) is 11.6 Å². The van der Waals surface area contributed by atoms with Gasteiger partial charge in [-0.3, -0.25) is 0 Å². The van der Waals surface area contributed by atoms with Crippen molar-refractivity contribution >= 4 is 33.1 Å². The van der Waals surface area contributed by atoms with Gasteiger partial charge < -0.3 is 5.32 Å². The summed E-state index contributed by atoms with van der Waals surface area (Å²) in [7, 11) is 0. The zero-order chi connectivity index (χ0) is 11.1. The molecule has 2 nitrogen and oxygen atoms in total. The summed E-state index contributed by atoms with van der Waals surface area (Å²) >= 11 is 9.40. The maximum Gasteiger partial charge on any atom is 0.124 e. The molecule has 1 aliphatic heterocycles. The molecular formula is C12H12BrClN2. The highest BCUT2D eigenvalue weighted by molar-refractivity contribution is 9.10. The molecule has 1 saturated heterocycles. The Balaban J connectivity index is 1.95. The molecule has 1 N–H and O–H groups in total. The highest BCUT2D eigenvalue weighted by Gasteiger charge is 2.34. The smallest absolute Gasteiger partial charge is 0.124 e. The van der Waals surface area contributed by atoms with Crippen molar-refractivity contribution in [2.45, 2.75) is 6.42 Å². The highest BCUT2D eigenvalue weighted by atomic mass is 79.9. The fourth-order valence-electron chi connectivity index (χ4n) is 2.69. The third-order valence-electron chi connectivity index (χ3n) is 3.51. The van der Waals surface area contributed by atoms with Gasteiger partial charge in [-0.05, 0) is 52.0 Å². The average molecular weight is 300 g/mol. The van der Waals surface area contributed by atoms with Gasteiger partial charge in [0.15, 0.2) is 0 Å². The number of halogens is 2. The quantitative estimate of drug-likeness (QED) is 0.806. The van der Waals surface area contributed by atoms with E-state index in [1.165, 1.54) is 17.6 Å². The van der Waals surface area contributed by atoms with Crippen molar-refractivity contribution in [1.82, 2.24) is 10.3 Å². The van der Waals surface area contributed by atoms with Gasteiger partial charge in [-0.25, -0.2) is 4.98 Å². The Labute approximate surface area is 108 Å². The predicted octanol–water partition coefficient (Wildman–Crippen LogP) is 3.12. The Hall–Kier alpha value is -0.380. The zero-order valence-electron chi connectivity index (χ0n) is 8.71. The molecule has 0 spiro atoms. The molecule has 0 saturated carbocycles. The summed E-state index contributed by atoms with van der Waals surface area (Å²) in [5, 5.41) is 4.13. The van der Waals surface area contributed by atoms with Crippen LogP contribution >= 0.6 is 27.5 Å². The number of allylic oxidation sites excluding steroid dienone is 1. The van der Waals surface area contributed by atoms with Crippen LogP contribution in [0.5, 0.6) is 0 Å². The summed E-state index contributed by atoms with van der Waals surface area (Å²) in [4.78, 5) is 4.26. The Morgan fingerprint density at radius 2 is 2.31 bits per heavy atom. The maximum absolute atomic E-state index is 6.08. The van der Waals surface area contributed by atoms with Crippen LogP contribution in [0.15, 0.2) is 22.9 Å². The van der Waals surface area contributed by atoms with Gasteiger partial charge in [0, 0.05) is 18.7 Å². The van der Waals surface area contributed by atoms with E-state index in [1.807, 2.05) is 12.3 Å². The number of nitrogens with zero attached hydrogens (tertiary/aromatic N) is 1. The summed E-state index contributed by atoms with van der Waals surface area (Å²) in [6.45, 7) is 2.23. The van der Waals surface area contributed by atoms with Crippen LogP contribution in [0.2, 0.25) is 5.02 Å². The lowest BCUT2D eigenvalue weighted by molar-refractivity contribution is 0.542. The lowest BCUT2D eigenvalue weighted by Crippen LogP contribution is -2.10. The number of hydrogen-bond acceptors (Lipinski definition) is 2. The number of rotatable bonds is 1. The van der Waals surface area contributed by atoms with Crippen LogP contribution in [0.3, 0.4) is 0 Å². The lowest BCUT2D eigenvalue weighted by Gasteiger charge is -2.13. The van der Waals surface area contributed by atoms with Crippen LogP contribution in [-0.2, 0) is 0 Å². The van der Waals surface area contributed by atoms with Crippen molar-refractivity contribution in [3.8, 4) is 0 Å². The molecule has 16 heavy (non-hydrogen) atoms. The number of hydrogen-bond donors (Lipinski definition) is 1. The Morgan fingerprint density at radius 1 is 1.44 bits per heavy atom. The molecule has 3 rings (SSSR count). The standard InChI is InChI=1S/C12H12BrClN2/c13-12-11(14)3-8(5-16-12)9-2-1-7-4-15-6-10(7)9/h2-3,5,7,10,15H,1,4,6H2. The second kappa shape index (κ2) is 4.13. The van der Waals surface area contributed by atoms with Gasteiger partial charge in [-0.15, -0.1) is 0 Å². The van der Waals surface area contributed by atoms with Crippen LogP contribution in [0.4, 0.5) is 0 Å². The molecular weight excluding hydrogens is 288 g/mol. The predicted molar refractivity (Wildman–Crippen MR) is 69.4 cm³/mol. The van der Waals surface area contributed by atoms with E-state index in [9.17, 15) is 0 Å². The fourth-order valence-corrected chi connectivity index (χ4v) is 3.07. The largest absolute Gasteiger partial charge is 0.316 e. The zero-order valence-corrected chi connectivity index (χ0v) is 11.1. The van der Waals surface area contributed by atoms with Crippen molar-refractivity contribution < 1.29 is 0 Å². The molecule has 84 valence electrons. The molecule has 1 aromatic rings. The molecule has 2 aliphatic rings. The molecule has 0 radical (unpaired) electrons. The van der Waals surface area contributed by atoms with Gasteiger partial charge in [0.1, 0.15) is 4.60 Å². The van der Waals surface area contributed by atoms with Gasteiger partial charge in [0.2, 0.25) is 0 Å². The number of aromatic nitrogens is 1. The second-order valence-electron chi connectivity index (χ2n) is 4.42. The Morgan fingerprint density at radius 3 is 3.12 bits per heavy atom. The van der Waals surface area contributed by atoms with E-state index in [2.05, 4.69) is 32.3 Å². The minimum atomic E-state index is 0.652. The van der Waals surface area contributed by atoms with E-state index in [0.717, 1.165) is 23.6 Å². The summed E-state index contributed by atoms with van der Waals surface area (Å²) in [6, 6.07) is 2.01. The fraction of sp³-hybridized carbons (Fsp3) is 0.417. The maximum atomic E-state index is 6.08. The lowest BCUT2D eigenvalue weighted by atomic mass is 9.91. The van der Waals surface area contributed by atoms with Crippen LogP contribution < -0.4 is 5.32 Å². The van der Waals surface area contributed by atoms with Crippen molar-refractivity contribution in [1.29, 1.82) is 0 Å². The molecule has 1 aliphatic carbocycles. The van der Waals surface area contributed by atoms with Crippen molar-refractivity contribution in [2.24, 2.45) is 11.8 Å². The Bertz CT molecular complexity index is 458. The first-order chi connectivity index (χ1) is 7.75. The molecule has 0 bridgehead atoms. The summed E-state index contributed by atoms with van der Waals surface area (Å²) in [6.07, 6.45) is 5.43. The second-order valence-corrected chi connectivity index (χ2v) is 5.57. The van der Waals surface area contributed by atoms with Crippen LogP contribution in [0.25, 0.3) is 5.57 Å². The van der Waals surface area contributed by atoms with E-state index >= 15 is 0 Å². The van der Waals surface area contributed by atoms with Gasteiger partial charge in [-0.1, -0.05) is 17.7 Å². The number of pyridine rings is 1. The molecule has 0 aromatic carbocycles. The molecule has 1 aromatic heterocycles. The van der Waals surface area contributed by atoms with Crippen molar-refractivity contribution in [3.63, 3.8) is 0 Å². The monoisotopic (exact) mass is 298 g/mol. The third kappa shape index (κ3) is 1.71. The van der Waals surface area contributed by atoms with E-state index in [1.54, 1.807) is 0 Å². The number of nitrogens with one attached hydrogen (secondary N) is 1. The minimum absolute atomic E-state index is 0.652. The molecule has 2 heterocycles. The first-order valence-electron chi connectivity index (χ1n) is 5.48. The summed E-state index contributed by atoms with van der Waals surface area (Å²) in [5.41, 5.74) is 2.58. The van der Waals surface area contributed by atoms with Gasteiger partial charge >= 0.3 is 0 Å². The van der Waals surface area contributed by atoms with Gasteiger partial charge in [0.05, 0.1) is 5.02 Å². The van der Waals surface area contributed by atoms with E-state index in [-0.39, 0.29) is 0 Å². The average Bonchev–Trinajstić information content (AvgIpc) is 2.83. The van der Waals surface area contributed by atoms with Gasteiger partial charge in [-0.2, -0.15) is 0 Å². The van der Waals surface area contributed by atoms with Crippen molar-refractivity contribution in [3.05, 3.63) is 33.5 Å². The number of fused-ring (bicyclic) bond motifs is 1. The minimum Gasteiger partial charge on any atom is -0.316 e. The normalized spacial score (nSPS) is 28.0. The topological polar surface area (TPSA) is 24.9 Å². The third-order valence-corrected chi connectivity index (χ3v) is 4.66. The van der Waals surface area contributed by atoms with E-state index < -0.39 is 0 Å². The highest BCUT2D eigenvalue weighted by Crippen LogP contribution is 2.40. The molecule has 2 atom stereocenters. The van der Waals surface area contributed by atoms with Crippen molar-refractivity contribution in [2.75, 3.05) is 13.1 Å². The summed E-state index contributed by atoms with van der Waals surface area (Å²) in [5.74, 6) is 1.43. The first kappa shape index (κ1) is 10.8. The van der Waals surface area contributed by atoms with Crippen LogP contribution in [0, 0.1) is 11.8 Å². The molecule has 4 heteroatoms. The van der Waals surface area contributed by atoms with Crippen LogP contribution in [0.1, 0.15) is 12.0 Å². The molecule has 2 unspecified atom stereocenters. The Kier molecular flexibility index (Phi) is 2.78. The SMILES string of the molecule is Clc1cc(C2=CCC3CNCC23)cnc1Br. The van der Waals surface area contributed by atoms with E-state index in [0.29, 0.717) is 10.9 Å². The molecule has 0 amide bonds. The van der Waals surface area contributed by atoms with Gasteiger partial charge in [0.25, 0.3) is 0 Å². The molecule has 1 fully saturated rings. The van der Waals surface area contributed by atoms with Crippen LogP contribution in [-0.4, -0.2) is 18.1 Å². The summed E-state index contributed by atoms with van der Waals surface area (Å²) < 4.78 is 0.720.